The van der Waals surface area contributed by atoms with Crippen molar-refractivity contribution in [2.75, 3.05) is 45.7 Å². The molecule has 2 heterocycles. The predicted molar refractivity (Wildman–Crippen MR) is 96.4 cm³/mol. The molecule has 24 heavy (non-hydrogen) atoms. The monoisotopic (exact) mass is 355 g/mol. The number of nitrogens with zero attached hydrogens (tertiary/aromatic N) is 1. The molecule has 0 spiro atoms. The van der Waals surface area contributed by atoms with Gasteiger partial charge in [0.05, 0.1) is 20.1 Å². The van der Waals surface area contributed by atoms with Gasteiger partial charge in [-0.3, -0.25) is 4.79 Å². The maximum Gasteiger partial charge on any atom is 0.228 e. The van der Waals surface area contributed by atoms with E-state index >= 15 is 0 Å². The first-order valence-electron chi connectivity index (χ1n) is 8.18. The Labute approximate surface area is 149 Å². The van der Waals surface area contributed by atoms with Gasteiger partial charge in [-0.2, -0.15) is 0 Å². The van der Waals surface area contributed by atoms with Crippen LogP contribution in [-0.4, -0.2) is 57.2 Å². The van der Waals surface area contributed by atoms with Gasteiger partial charge in [-0.1, -0.05) is 0 Å². The van der Waals surface area contributed by atoms with Crippen LogP contribution in [0.1, 0.15) is 12.8 Å². The van der Waals surface area contributed by atoms with Gasteiger partial charge in [-0.25, -0.2) is 0 Å². The third-order valence-electron chi connectivity index (χ3n) is 4.59. The second-order valence-corrected chi connectivity index (χ2v) is 6.22. The van der Waals surface area contributed by atoms with E-state index in [0.717, 1.165) is 56.2 Å². The van der Waals surface area contributed by atoms with Crippen molar-refractivity contribution in [1.29, 1.82) is 0 Å². The molecule has 2 saturated heterocycles. The summed E-state index contributed by atoms with van der Waals surface area (Å²) in [6.07, 6.45) is 2.09. The molecule has 3 rings (SSSR count). The highest BCUT2D eigenvalue weighted by atomic mass is 35.5. The second kappa shape index (κ2) is 8.44. The average Bonchev–Trinajstić information content (AvgIpc) is 2.53. The summed E-state index contributed by atoms with van der Waals surface area (Å²) < 4.78 is 10.6. The van der Waals surface area contributed by atoms with Crippen molar-refractivity contribution in [2.45, 2.75) is 18.9 Å². The molecule has 7 heteroatoms. The fraction of sp³-hybridized carbons (Fsp3) is 0.588. The summed E-state index contributed by atoms with van der Waals surface area (Å²) in [4.78, 5) is 14.4. The molecule has 1 atom stereocenters. The van der Waals surface area contributed by atoms with E-state index in [1.165, 1.54) is 0 Å². The van der Waals surface area contributed by atoms with Gasteiger partial charge >= 0.3 is 0 Å². The first-order valence-corrected chi connectivity index (χ1v) is 8.18. The van der Waals surface area contributed by atoms with E-state index in [0.29, 0.717) is 5.91 Å². The van der Waals surface area contributed by atoms with Crippen molar-refractivity contribution in [2.24, 2.45) is 5.92 Å². The molecule has 2 aliphatic heterocycles. The highest BCUT2D eigenvalue weighted by Crippen LogP contribution is 2.27. The molecule has 0 radical (unpaired) electrons. The average molecular weight is 356 g/mol. The van der Waals surface area contributed by atoms with Crippen molar-refractivity contribution in [3.8, 4) is 11.5 Å². The number of anilines is 1. The Hall–Kier alpha value is -1.66. The molecule has 0 aromatic heterocycles. The molecule has 0 bridgehead atoms. The summed E-state index contributed by atoms with van der Waals surface area (Å²) in [6.45, 7) is 3.27. The van der Waals surface area contributed by atoms with Gasteiger partial charge in [-0.15, -0.1) is 12.4 Å². The Morgan fingerprint density at radius 2 is 1.88 bits per heavy atom. The fourth-order valence-electron chi connectivity index (χ4n) is 3.14. The van der Waals surface area contributed by atoms with Crippen LogP contribution in [0.2, 0.25) is 0 Å². The quantitative estimate of drug-likeness (QED) is 0.842. The highest BCUT2D eigenvalue weighted by molar-refractivity contribution is 5.85. The number of carbonyl (C=O) groups is 1. The molecular weight excluding hydrogens is 330 g/mol. The van der Waals surface area contributed by atoms with Crippen LogP contribution in [0.5, 0.6) is 11.5 Å². The minimum absolute atomic E-state index is 0. The Balaban J connectivity index is 0.00000208. The van der Waals surface area contributed by atoms with Gasteiger partial charge in [0.25, 0.3) is 0 Å². The third-order valence-corrected chi connectivity index (χ3v) is 4.59. The number of hydrogen-bond donors (Lipinski definition) is 2. The number of methoxy groups -OCH3 is 2. The SMILES string of the molecule is COc1cc(NC2CCCN(C(=O)C3CNC3)C2)cc(OC)c1.Cl. The number of hydrogen-bond acceptors (Lipinski definition) is 5. The summed E-state index contributed by atoms with van der Waals surface area (Å²) in [5.74, 6) is 1.98. The number of nitrogens with one attached hydrogen (secondary N) is 2. The number of carbonyl (C=O) groups excluding carboxylic acids is 1. The van der Waals surface area contributed by atoms with Crippen LogP contribution in [0.15, 0.2) is 18.2 Å². The molecule has 1 amide bonds. The third kappa shape index (κ3) is 4.24. The molecule has 0 saturated carbocycles. The standard InChI is InChI=1S/C17H25N3O3.ClH/c1-22-15-6-14(7-16(8-15)23-2)19-13-4-3-5-20(11-13)17(21)12-9-18-10-12;/h6-8,12-13,18-19H,3-5,9-11H2,1-2H3;1H. The van der Waals surface area contributed by atoms with Crippen LogP contribution in [0.3, 0.4) is 0 Å². The minimum atomic E-state index is 0. The molecule has 1 aromatic rings. The van der Waals surface area contributed by atoms with Crippen molar-refractivity contribution >= 4 is 24.0 Å². The van der Waals surface area contributed by atoms with Crippen LogP contribution in [0.25, 0.3) is 0 Å². The number of halogens is 1. The molecule has 134 valence electrons. The van der Waals surface area contributed by atoms with Crippen LogP contribution in [-0.2, 0) is 4.79 Å². The van der Waals surface area contributed by atoms with Crippen LogP contribution < -0.4 is 20.1 Å². The lowest BCUT2D eigenvalue weighted by Gasteiger charge is -2.38. The molecule has 2 fully saturated rings. The van der Waals surface area contributed by atoms with Crippen molar-refractivity contribution in [1.82, 2.24) is 10.2 Å². The molecule has 2 N–H and O–H groups in total. The van der Waals surface area contributed by atoms with Gasteiger partial charge in [-0.05, 0) is 12.8 Å². The first kappa shape index (κ1) is 18.7. The van der Waals surface area contributed by atoms with Gasteiger partial charge in [0, 0.05) is 56.1 Å². The Morgan fingerprint density at radius 3 is 2.42 bits per heavy atom. The van der Waals surface area contributed by atoms with E-state index in [-0.39, 0.29) is 24.4 Å². The highest BCUT2D eigenvalue weighted by Gasteiger charge is 2.32. The normalized spacial score (nSPS) is 20.6. The van der Waals surface area contributed by atoms with E-state index < -0.39 is 0 Å². The smallest absolute Gasteiger partial charge is 0.228 e. The summed E-state index contributed by atoms with van der Waals surface area (Å²) in [5.41, 5.74) is 0.964. The molecule has 1 aromatic carbocycles. The van der Waals surface area contributed by atoms with Gasteiger partial charge in [0.1, 0.15) is 11.5 Å². The number of ether oxygens (including phenoxy) is 2. The number of piperidine rings is 1. The van der Waals surface area contributed by atoms with Crippen LogP contribution >= 0.6 is 12.4 Å². The molecular formula is C17H26ClN3O3. The lowest BCUT2D eigenvalue weighted by molar-refractivity contribution is -0.138. The Kier molecular flexibility index (Phi) is 6.57. The molecule has 2 aliphatic rings. The van der Waals surface area contributed by atoms with Gasteiger partial charge in [0.15, 0.2) is 0 Å². The topological polar surface area (TPSA) is 62.8 Å². The van der Waals surface area contributed by atoms with E-state index in [9.17, 15) is 4.79 Å². The molecule has 6 nitrogen and oxygen atoms in total. The zero-order valence-electron chi connectivity index (χ0n) is 14.2. The number of amides is 1. The summed E-state index contributed by atoms with van der Waals surface area (Å²) in [7, 11) is 3.29. The molecule has 1 unspecified atom stereocenters. The van der Waals surface area contributed by atoms with E-state index in [1.54, 1.807) is 14.2 Å². The van der Waals surface area contributed by atoms with Gasteiger partial charge < -0.3 is 25.0 Å². The Bertz CT molecular complexity index is 544. The minimum Gasteiger partial charge on any atom is -0.497 e. The largest absolute Gasteiger partial charge is 0.497 e. The summed E-state index contributed by atoms with van der Waals surface area (Å²) >= 11 is 0. The second-order valence-electron chi connectivity index (χ2n) is 6.22. The summed E-state index contributed by atoms with van der Waals surface area (Å²) in [5, 5.41) is 6.69. The van der Waals surface area contributed by atoms with Crippen molar-refractivity contribution in [3.05, 3.63) is 18.2 Å². The van der Waals surface area contributed by atoms with Crippen LogP contribution in [0.4, 0.5) is 5.69 Å². The number of benzene rings is 1. The maximum absolute atomic E-state index is 12.4. The summed E-state index contributed by atoms with van der Waals surface area (Å²) in [6, 6.07) is 6.03. The fourth-order valence-corrected chi connectivity index (χ4v) is 3.14. The first-order chi connectivity index (χ1) is 11.2. The van der Waals surface area contributed by atoms with E-state index in [1.807, 2.05) is 23.1 Å². The Morgan fingerprint density at radius 1 is 1.21 bits per heavy atom. The predicted octanol–water partition coefficient (Wildman–Crippen LogP) is 1.75. The van der Waals surface area contributed by atoms with Gasteiger partial charge in [0.2, 0.25) is 5.91 Å². The van der Waals surface area contributed by atoms with Crippen LogP contribution in [0, 0.1) is 5.92 Å². The van der Waals surface area contributed by atoms with E-state index in [4.69, 9.17) is 9.47 Å². The van der Waals surface area contributed by atoms with Crippen molar-refractivity contribution < 1.29 is 14.3 Å². The lowest BCUT2D eigenvalue weighted by Crippen LogP contribution is -2.55. The zero-order chi connectivity index (χ0) is 16.2. The lowest BCUT2D eigenvalue weighted by atomic mass is 9.98. The maximum atomic E-state index is 12.4. The zero-order valence-corrected chi connectivity index (χ0v) is 15.0. The van der Waals surface area contributed by atoms with Crippen molar-refractivity contribution in [3.63, 3.8) is 0 Å². The molecule has 0 aliphatic carbocycles. The number of rotatable bonds is 5. The van der Waals surface area contributed by atoms with E-state index in [2.05, 4.69) is 10.6 Å². The number of likely N-dealkylation sites (tertiary alicyclic amines) is 1.